The van der Waals surface area contributed by atoms with E-state index in [1.165, 1.54) is 35.8 Å². The molecule has 4 aromatic rings. The lowest BCUT2D eigenvalue weighted by atomic mass is 9.90. The van der Waals surface area contributed by atoms with Gasteiger partial charge in [0.2, 0.25) is 0 Å². The van der Waals surface area contributed by atoms with Crippen molar-refractivity contribution < 1.29 is 14.2 Å². The average molecular weight is 468 g/mol. The van der Waals surface area contributed by atoms with Gasteiger partial charge in [0.05, 0.1) is 14.2 Å². The molecule has 0 aliphatic carbocycles. The van der Waals surface area contributed by atoms with E-state index in [2.05, 4.69) is 41.3 Å². The molecular formula is C31H33NO3. The number of para-hydroxylation sites is 1. The zero-order chi connectivity index (χ0) is 24.0. The van der Waals surface area contributed by atoms with Crippen molar-refractivity contribution in [2.24, 2.45) is 0 Å². The number of benzene rings is 4. The summed E-state index contributed by atoms with van der Waals surface area (Å²) in [5.41, 5.74) is 3.55. The van der Waals surface area contributed by atoms with Crippen molar-refractivity contribution in [1.29, 1.82) is 0 Å². The molecule has 0 saturated carbocycles. The molecule has 4 nitrogen and oxygen atoms in total. The first-order valence-corrected chi connectivity index (χ1v) is 12.4. The lowest BCUT2D eigenvalue weighted by Gasteiger charge is -2.32. The SMILES string of the molecule is COc1ccc(-c2ccc3cc(OC)ccc3c2C(CN2CCCCC2)Oc2ccccc2)cc1. The van der Waals surface area contributed by atoms with E-state index in [0.29, 0.717) is 0 Å². The summed E-state index contributed by atoms with van der Waals surface area (Å²) < 4.78 is 17.7. The summed E-state index contributed by atoms with van der Waals surface area (Å²) in [6.45, 7) is 3.08. The summed E-state index contributed by atoms with van der Waals surface area (Å²) in [5, 5.41) is 2.34. The summed E-state index contributed by atoms with van der Waals surface area (Å²) in [7, 11) is 3.41. The maximum absolute atomic E-state index is 6.78. The molecule has 1 aliphatic rings. The van der Waals surface area contributed by atoms with Gasteiger partial charge in [0.1, 0.15) is 23.4 Å². The van der Waals surface area contributed by atoms with E-state index in [1.807, 2.05) is 48.5 Å². The van der Waals surface area contributed by atoms with Gasteiger partial charge in [-0.3, -0.25) is 4.90 Å². The second kappa shape index (κ2) is 10.8. The van der Waals surface area contributed by atoms with Crippen LogP contribution in [0.25, 0.3) is 21.9 Å². The van der Waals surface area contributed by atoms with Gasteiger partial charge in [-0.1, -0.05) is 55.0 Å². The molecule has 0 amide bonds. The quantitative estimate of drug-likeness (QED) is 0.276. The molecular weight excluding hydrogens is 434 g/mol. The molecule has 4 heteroatoms. The van der Waals surface area contributed by atoms with Crippen LogP contribution in [0, 0.1) is 0 Å². The Bertz CT molecular complexity index is 1250. The monoisotopic (exact) mass is 467 g/mol. The Hall–Kier alpha value is -3.50. The van der Waals surface area contributed by atoms with Crippen LogP contribution < -0.4 is 14.2 Å². The first-order chi connectivity index (χ1) is 17.2. The zero-order valence-corrected chi connectivity index (χ0v) is 20.6. The van der Waals surface area contributed by atoms with Crippen LogP contribution >= 0.6 is 0 Å². The van der Waals surface area contributed by atoms with Crippen LogP contribution in [0.5, 0.6) is 17.2 Å². The number of fused-ring (bicyclic) bond motifs is 1. The van der Waals surface area contributed by atoms with Crippen LogP contribution in [0.2, 0.25) is 0 Å². The lowest BCUT2D eigenvalue weighted by molar-refractivity contribution is 0.120. The largest absolute Gasteiger partial charge is 0.497 e. The minimum atomic E-state index is -0.121. The van der Waals surface area contributed by atoms with Crippen molar-refractivity contribution in [2.75, 3.05) is 33.9 Å². The average Bonchev–Trinajstić information content (AvgIpc) is 2.93. The summed E-state index contributed by atoms with van der Waals surface area (Å²) in [6.07, 6.45) is 3.68. The summed E-state index contributed by atoms with van der Waals surface area (Å²) in [6, 6.07) is 29.2. The van der Waals surface area contributed by atoms with Gasteiger partial charge in [-0.2, -0.15) is 0 Å². The van der Waals surface area contributed by atoms with Crippen molar-refractivity contribution in [1.82, 2.24) is 4.90 Å². The van der Waals surface area contributed by atoms with Gasteiger partial charge < -0.3 is 14.2 Å². The van der Waals surface area contributed by atoms with Crippen molar-refractivity contribution >= 4 is 10.8 Å². The normalized spacial score (nSPS) is 15.0. The Morgan fingerprint density at radius 2 is 1.43 bits per heavy atom. The number of hydrogen-bond donors (Lipinski definition) is 0. The van der Waals surface area contributed by atoms with Crippen LogP contribution in [0.4, 0.5) is 0 Å². The molecule has 0 spiro atoms. The summed E-state index contributed by atoms with van der Waals surface area (Å²) in [5.74, 6) is 2.60. The number of ether oxygens (including phenoxy) is 3. The van der Waals surface area contributed by atoms with Crippen molar-refractivity contribution in [3.8, 4) is 28.4 Å². The van der Waals surface area contributed by atoms with E-state index in [9.17, 15) is 0 Å². The van der Waals surface area contributed by atoms with Crippen LogP contribution in [0.1, 0.15) is 30.9 Å². The third-order valence-electron chi connectivity index (χ3n) is 6.89. The molecule has 0 aromatic heterocycles. The van der Waals surface area contributed by atoms with Gasteiger partial charge in [0.15, 0.2) is 0 Å². The second-order valence-electron chi connectivity index (χ2n) is 9.12. The fourth-order valence-electron chi connectivity index (χ4n) is 5.06. The molecule has 0 radical (unpaired) electrons. The van der Waals surface area contributed by atoms with Crippen LogP contribution in [-0.4, -0.2) is 38.8 Å². The predicted molar refractivity (Wildman–Crippen MR) is 143 cm³/mol. The fourth-order valence-corrected chi connectivity index (χ4v) is 5.06. The Morgan fingerprint density at radius 1 is 0.714 bits per heavy atom. The maximum atomic E-state index is 6.78. The van der Waals surface area contributed by atoms with Crippen LogP contribution in [0.15, 0.2) is 84.9 Å². The number of likely N-dealkylation sites (tertiary alicyclic amines) is 1. The van der Waals surface area contributed by atoms with Crippen LogP contribution in [0.3, 0.4) is 0 Å². The maximum Gasteiger partial charge on any atom is 0.138 e. The fraction of sp³-hybridized carbons (Fsp3) is 0.290. The first kappa shape index (κ1) is 23.3. The van der Waals surface area contributed by atoms with Gasteiger partial charge in [0, 0.05) is 12.1 Å². The van der Waals surface area contributed by atoms with E-state index >= 15 is 0 Å². The first-order valence-electron chi connectivity index (χ1n) is 12.4. The number of methoxy groups -OCH3 is 2. The third kappa shape index (κ3) is 5.28. The minimum absolute atomic E-state index is 0.121. The van der Waals surface area contributed by atoms with Gasteiger partial charge in [-0.05, 0) is 84.2 Å². The smallest absolute Gasteiger partial charge is 0.138 e. The highest BCUT2D eigenvalue weighted by Gasteiger charge is 2.25. The van der Waals surface area contributed by atoms with Gasteiger partial charge in [0.25, 0.3) is 0 Å². The highest BCUT2D eigenvalue weighted by molar-refractivity contribution is 5.93. The summed E-state index contributed by atoms with van der Waals surface area (Å²) >= 11 is 0. The molecule has 0 bridgehead atoms. The lowest BCUT2D eigenvalue weighted by Crippen LogP contribution is -2.35. The highest BCUT2D eigenvalue weighted by atomic mass is 16.5. The molecule has 1 fully saturated rings. The van der Waals surface area contributed by atoms with E-state index in [-0.39, 0.29) is 6.10 Å². The highest BCUT2D eigenvalue weighted by Crippen LogP contribution is 2.39. The number of rotatable bonds is 8. The predicted octanol–water partition coefficient (Wildman–Crippen LogP) is 7.13. The van der Waals surface area contributed by atoms with Crippen molar-refractivity contribution in [3.63, 3.8) is 0 Å². The Labute approximate surface area is 208 Å². The topological polar surface area (TPSA) is 30.9 Å². The van der Waals surface area contributed by atoms with E-state index in [1.54, 1.807) is 14.2 Å². The molecule has 5 rings (SSSR count). The van der Waals surface area contributed by atoms with Gasteiger partial charge in [-0.25, -0.2) is 0 Å². The molecule has 180 valence electrons. The molecule has 1 heterocycles. The molecule has 1 unspecified atom stereocenters. The Balaban J connectivity index is 1.66. The van der Waals surface area contributed by atoms with Gasteiger partial charge in [-0.15, -0.1) is 0 Å². The molecule has 1 atom stereocenters. The molecule has 35 heavy (non-hydrogen) atoms. The Morgan fingerprint density at radius 3 is 2.14 bits per heavy atom. The number of piperidine rings is 1. The number of hydrogen-bond acceptors (Lipinski definition) is 4. The van der Waals surface area contributed by atoms with E-state index in [0.717, 1.165) is 47.8 Å². The zero-order valence-electron chi connectivity index (χ0n) is 20.6. The minimum Gasteiger partial charge on any atom is -0.497 e. The van der Waals surface area contributed by atoms with E-state index < -0.39 is 0 Å². The molecule has 1 saturated heterocycles. The standard InChI is InChI=1S/C31H33NO3/c1-33-25-14-11-23(12-15-25)28-17-13-24-21-27(34-2)16-18-29(24)31(28)30(22-32-19-7-4-8-20-32)35-26-9-5-3-6-10-26/h3,5-6,9-18,21,30H,4,7-8,19-20,22H2,1-2H3. The van der Waals surface area contributed by atoms with Gasteiger partial charge >= 0.3 is 0 Å². The van der Waals surface area contributed by atoms with Crippen LogP contribution in [-0.2, 0) is 0 Å². The van der Waals surface area contributed by atoms with Crippen molar-refractivity contribution in [2.45, 2.75) is 25.4 Å². The molecule has 1 aliphatic heterocycles. The second-order valence-corrected chi connectivity index (χ2v) is 9.12. The third-order valence-corrected chi connectivity index (χ3v) is 6.89. The van der Waals surface area contributed by atoms with E-state index in [4.69, 9.17) is 14.2 Å². The summed E-state index contributed by atoms with van der Waals surface area (Å²) in [4.78, 5) is 2.55. The molecule has 4 aromatic carbocycles. The van der Waals surface area contributed by atoms with Crippen molar-refractivity contribution in [3.05, 3.63) is 90.5 Å². The number of nitrogens with zero attached hydrogens (tertiary/aromatic N) is 1. The Kier molecular flexibility index (Phi) is 7.20. The molecule has 0 N–H and O–H groups in total.